The molecule has 0 bridgehead atoms. The van der Waals surface area contributed by atoms with Crippen molar-refractivity contribution >= 4 is 17.4 Å². The van der Waals surface area contributed by atoms with Gasteiger partial charge in [0.1, 0.15) is 0 Å². The molecule has 0 amide bonds. The van der Waals surface area contributed by atoms with Gasteiger partial charge in [0.05, 0.1) is 11.0 Å². The van der Waals surface area contributed by atoms with Crippen molar-refractivity contribution < 1.29 is 14.1 Å². The molecule has 7 nitrogen and oxygen atoms in total. The van der Waals surface area contributed by atoms with Gasteiger partial charge < -0.3 is 9.15 Å². The van der Waals surface area contributed by atoms with Crippen LogP contribution in [0.25, 0.3) is 11.5 Å². The van der Waals surface area contributed by atoms with Crippen molar-refractivity contribution in [1.82, 2.24) is 10.2 Å². The number of hydrogen-bond donors (Lipinski definition) is 0. The molecule has 0 saturated carbocycles. The second kappa shape index (κ2) is 6.89. The van der Waals surface area contributed by atoms with Crippen molar-refractivity contribution in [1.29, 1.82) is 0 Å². The fourth-order valence-corrected chi connectivity index (χ4v) is 3.07. The Kier molecular flexibility index (Phi) is 4.69. The largest absolute Gasteiger partial charge is 0.411 e. The maximum atomic E-state index is 10.8. The number of aromatic nitrogens is 2. The Labute approximate surface area is 131 Å². The quantitative estimate of drug-likeness (QED) is 0.474. The highest BCUT2D eigenvalue weighted by atomic mass is 32.2. The van der Waals surface area contributed by atoms with Gasteiger partial charge in [0.2, 0.25) is 5.89 Å². The van der Waals surface area contributed by atoms with Crippen LogP contribution in [-0.4, -0.2) is 33.6 Å². The molecule has 2 aromatic rings. The van der Waals surface area contributed by atoms with Crippen LogP contribution in [0.5, 0.6) is 0 Å². The summed E-state index contributed by atoms with van der Waals surface area (Å²) in [5.74, 6) is 1.06. The number of nitro groups is 1. The van der Waals surface area contributed by atoms with Crippen molar-refractivity contribution in [2.75, 3.05) is 12.4 Å². The number of thioether (sulfide) groups is 1. The molecule has 1 aromatic carbocycles. The van der Waals surface area contributed by atoms with Crippen LogP contribution in [0.3, 0.4) is 0 Å². The summed E-state index contributed by atoms with van der Waals surface area (Å²) in [7, 11) is 0. The standard InChI is InChI=1S/C14H15N3O4S/c18-17(19)11-5-3-4-10(8-11)13-15-16-14(21-13)22-9-12-6-1-2-7-20-12/h3-5,8,12H,1-2,6-7,9H2/t12-/m1/s1. The van der Waals surface area contributed by atoms with Crippen LogP contribution >= 0.6 is 11.8 Å². The lowest BCUT2D eigenvalue weighted by Crippen LogP contribution is -2.21. The Morgan fingerprint density at radius 3 is 3.05 bits per heavy atom. The number of nitrogens with zero attached hydrogens (tertiary/aromatic N) is 3. The predicted octanol–water partition coefficient (Wildman–Crippen LogP) is 3.31. The van der Waals surface area contributed by atoms with E-state index in [0.717, 1.165) is 25.2 Å². The van der Waals surface area contributed by atoms with Crippen molar-refractivity contribution in [2.45, 2.75) is 30.6 Å². The zero-order valence-corrected chi connectivity index (χ0v) is 12.6. The fraction of sp³-hybridized carbons (Fsp3) is 0.429. The summed E-state index contributed by atoms with van der Waals surface area (Å²) in [6, 6.07) is 6.15. The van der Waals surface area contributed by atoms with Crippen LogP contribution in [-0.2, 0) is 4.74 Å². The fourth-order valence-electron chi connectivity index (χ4n) is 2.24. The minimum Gasteiger partial charge on any atom is -0.411 e. The summed E-state index contributed by atoms with van der Waals surface area (Å²) >= 11 is 1.45. The van der Waals surface area contributed by atoms with Crippen molar-refractivity contribution in [2.24, 2.45) is 0 Å². The zero-order valence-electron chi connectivity index (χ0n) is 11.8. The van der Waals surface area contributed by atoms with E-state index in [1.165, 1.54) is 30.3 Å². The second-order valence-corrected chi connectivity index (χ2v) is 5.95. The minimum atomic E-state index is -0.448. The third-order valence-corrected chi connectivity index (χ3v) is 4.33. The maximum absolute atomic E-state index is 10.8. The topological polar surface area (TPSA) is 91.3 Å². The lowest BCUT2D eigenvalue weighted by atomic mass is 10.1. The number of benzene rings is 1. The Bertz CT molecular complexity index is 655. The highest BCUT2D eigenvalue weighted by Crippen LogP contribution is 2.27. The first-order chi connectivity index (χ1) is 10.7. The van der Waals surface area contributed by atoms with Crippen molar-refractivity contribution in [3.63, 3.8) is 0 Å². The van der Waals surface area contributed by atoms with Crippen LogP contribution in [0.2, 0.25) is 0 Å². The molecule has 1 fully saturated rings. The number of ether oxygens (including phenoxy) is 1. The SMILES string of the molecule is O=[N+]([O-])c1cccc(-c2nnc(SC[C@H]3CCCCO3)o2)c1. The van der Waals surface area contributed by atoms with Gasteiger partial charge in [-0.2, -0.15) is 0 Å². The molecule has 3 rings (SSSR count). The molecular formula is C14H15N3O4S. The van der Waals surface area contributed by atoms with E-state index in [4.69, 9.17) is 9.15 Å². The molecule has 1 aliphatic rings. The summed E-state index contributed by atoms with van der Waals surface area (Å²) in [6.45, 7) is 0.813. The van der Waals surface area contributed by atoms with Gasteiger partial charge in [0.25, 0.3) is 10.9 Å². The molecule has 8 heteroatoms. The molecular weight excluding hydrogens is 306 g/mol. The van der Waals surface area contributed by atoms with Gasteiger partial charge in [-0.15, -0.1) is 10.2 Å². The van der Waals surface area contributed by atoms with Gasteiger partial charge in [-0.25, -0.2) is 0 Å². The van der Waals surface area contributed by atoms with Crippen LogP contribution in [0.1, 0.15) is 19.3 Å². The summed E-state index contributed by atoms with van der Waals surface area (Å²) in [5, 5.41) is 19.2. The third-order valence-electron chi connectivity index (χ3n) is 3.38. The van der Waals surface area contributed by atoms with Crippen LogP contribution in [0.15, 0.2) is 33.9 Å². The Morgan fingerprint density at radius 1 is 1.36 bits per heavy atom. The van der Waals surface area contributed by atoms with E-state index in [0.29, 0.717) is 10.8 Å². The minimum absolute atomic E-state index is 0.000471. The lowest BCUT2D eigenvalue weighted by Gasteiger charge is -2.21. The van der Waals surface area contributed by atoms with Crippen molar-refractivity contribution in [3.05, 3.63) is 34.4 Å². The normalized spacial score (nSPS) is 18.3. The number of hydrogen-bond acceptors (Lipinski definition) is 7. The summed E-state index contributed by atoms with van der Waals surface area (Å²) in [6.07, 6.45) is 3.60. The van der Waals surface area contributed by atoms with E-state index < -0.39 is 4.92 Å². The molecule has 2 heterocycles. The summed E-state index contributed by atoms with van der Waals surface area (Å²) in [5.41, 5.74) is 0.544. The molecule has 0 spiro atoms. The second-order valence-electron chi connectivity index (χ2n) is 4.98. The molecule has 0 unspecified atom stereocenters. The first kappa shape index (κ1) is 15.0. The lowest BCUT2D eigenvalue weighted by molar-refractivity contribution is -0.384. The molecule has 0 radical (unpaired) electrons. The van der Waals surface area contributed by atoms with E-state index in [-0.39, 0.29) is 17.7 Å². The average Bonchev–Trinajstić information content (AvgIpc) is 3.03. The van der Waals surface area contributed by atoms with Gasteiger partial charge in [-0.3, -0.25) is 10.1 Å². The van der Waals surface area contributed by atoms with Crippen molar-refractivity contribution in [3.8, 4) is 11.5 Å². The van der Waals surface area contributed by atoms with E-state index in [2.05, 4.69) is 10.2 Å². The maximum Gasteiger partial charge on any atom is 0.276 e. The molecule has 116 valence electrons. The molecule has 22 heavy (non-hydrogen) atoms. The molecule has 1 aromatic heterocycles. The Morgan fingerprint density at radius 2 is 2.27 bits per heavy atom. The van der Waals surface area contributed by atoms with Gasteiger partial charge in [-0.05, 0) is 25.3 Å². The van der Waals surface area contributed by atoms with Crippen LogP contribution < -0.4 is 0 Å². The Hall–Kier alpha value is -1.93. The van der Waals surface area contributed by atoms with Gasteiger partial charge >= 0.3 is 0 Å². The third kappa shape index (κ3) is 3.63. The Balaban J connectivity index is 1.65. The first-order valence-electron chi connectivity index (χ1n) is 7.05. The van der Waals surface area contributed by atoms with E-state index >= 15 is 0 Å². The molecule has 1 aliphatic heterocycles. The van der Waals surface area contributed by atoms with Gasteiger partial charge in [0.15, 0.2) is 0 Å². The highest BCUT2D eigenvalue weighted by Gasteiger charge is 2.17. The monoisotopic (exact) mass is 321 g/mol. The molecule has 1 saturated heterocycles. The predicted molar refractivity (Wildman–Crippen MR) is 80.7 cm³/mol. The van der Waals surface area contributed by atoms with Crippen LogP contribution in [0, 0.1) is 10.1 Å². The molecule has 0 aliphatic carbocycles. The smallest absolute Gasteiger partial charge is 0.276 e. The van der Waals surface area contributed by atoms with Gasteiger partial charge in [-0.1, -0.05) is 17.8 Å². The number of nitro benzene ring substituents is 1. The summed E-state index contributed by atoms with van der Waals surface area (Å²) in [4.78, 5) is 10.3. The average molecular weight is 321 g/mol. The van der Waals surface area contributed by atoms with E-state index in [1.54, 1.807) is 12.1 Å². The van der Waals surface area contributed by atoms with Gasteiger partial charge in [0, 0.05) is 30.1 Å². The van der Waals surface area contributed by atoms with E-state index in [1.807, 2.05) is 0 Å². The van der Waals surface area contributed by atoms with E-state index in [9.17, 15) is 10.1 Å². The molecule has 1 atom stereocenters. The zero-order chi connectivity index (χ0) is 15.4. The highest BCUT2D eigenvalue weighted by molar-refractivity contribution is 7.99. The number of rotatable bonds is 5. The number of non-ortho nitro benzene ring substituents is 1. The van der Waals surface area contributed by atoms with Crippen LogP contribution in [0.4, 0.5) is 5.69 Å². The molecule has 0 N–H and O–H groups in total. The first-order valence-corrected chi connectivity index (χ1v) is 8.03. The summed E-state index contributed by atoms with van der Waals surface area (Å²) < 4.78 is 11.2.